The van der Waals surface area contributed by atoms with Gasteiger partial charge in [-0.25, -0.2) is 19.3 Å². The van der Waals surface area contributed by atoms with Crippen LogP contribution in [0, 0.1) is 5.92 Å². The Morgan fingerprint density at radius 1 is 1.44 bits per heavy atom. The Kier molecular flexibility index (Phi) is 2.77. The molecule has 2 aromatic heterocycles. The Morgan fingerprint density at radius 2 is 2.28 bits per heavy atom. The fraction of sp³-hybridized carbons (Fsp3) is 0.583. The predicted molar refractivity (Wildman–Crippen MR) is 68.7 cm³/mol. The molecule has 1 aliphatic carbocycles. The number of aromatic nitrogens is 4. The largest absolute Gasteiger partial charge is 0.367 e. The van der Waals surface area contributed by atoms with Crippen molar-refractivity contribution in [2.75, 3.05) is 5.32 Å². The van der Waals surface area contributed by atoms with E-state index in [2.05, 4.69) is 27.4 Å². The standard InChI is InChI=1S/C12H17N5O/c1-8-4-2-3-5-9(8)14-10-6-11-15-16-12(18)17(11)7-13-10/h6-9,14H,2-5H2,1H3,(H,16,18). The molecule has 0 spiro atoms. The van der Waals surface area contributed by atoms with Crippen molar-refractivity contribution in [3.05, 3.63) is 22.9 Å². The summed E-state index contributed by atoms with van der Waals surface area (Å²) in [6, 6.07) is 2.28. The fourth-order valence-electron chi connectivity index (χ4n) is 2.61. The third-order valence-electron chi connectivity index (χ3n) is 3.75. The number of hydrogen-bond donors (Lipinski definition) is 2. The molecule has 3 rings (SSSR count). The summed E-state index contributed by atoms with van der Waals surface area (Å²) in [5.41, 5.74) is 0.344. The van der Waals surface area contributed by atoms with Crippen LogP contribution < -0.4 is 11.0 Å². The maximum Gasteiger partial charge on any atom is 0.348 e. The zero-order chi connectivity index (χ0) is 12.5. The highest BCUT2D eigenvalue weighted by molar-refractivity contribution is 5.48. The molecule has 6 nitrogen and oxygen atoms in total. The van der Waals surface area contributed by atoms with E-state index in [1.807, 2.05) is 0 Å². The molecular weight excluding hydrogens is 230 g/mol. The Morgan fingerprint density at radius 3 is 3.11 bits per heavy atom. The Balaban J connectivity index is 1.83. The van der Waals surface area contributed by atoms with Crippen molar-refractivity contribution in [3.63, 3.8) is 0 Å². The summed E-state index contributed by atoms with van der Waals surface area (Å²) in [6.45, 7) is 2.27. The van der Waals surface area contributed by atoms with E-state index in [4.69, 9.17) is 0 Å². The summed E-state index contributed by atoms with van der Waals surface area (Å²) in [6.07, 6.45) is 6.55. The molecule has 2 heterocycles. The van der Waals surface area contributed by atoms with E-state index in [1.165, 1.54) is 36.4 Å². The molecule has 2 atom stereocenters. The number of aromatic amines is 1. The first-order chi connectivity index (χ1) is 8.74. The quantitative estimate of drug-likeness (QED) is 0.841. The smallest absolute Gasteiger partial charge is 0.348 e. The van der Waals surface area contributed by atoms with Crippen LogP contribution in [-0.4, -0.2) is 25.6 Å². The van der Waals surface area contributed by atoms with Gasteiger partial charge in [-0.2, -0.15) is 5.10 Å². The predicted octanol–water partition coefficient (Wildman–Crippen LogP) is 1.41. The lowest BCUT2D eigenvalue weighted by Gasteiger charge is -2.29. The average Bonchev–Trinajstić information content (AvgIpc) is 2.74. The highest BCUT2D eigenvalue weighted by Gasteiger charge is 2.21. The second kappa shape index (κ2) is 4.44. The molecule has 0 amide bonds. The Labute approximate surface area is 104 Å². The third-order valence-corrected chi connectivity index (χ3v) is 3.75. The van der Waals surface area contributed by atoms with Crippen molar-refractivity contribution >= 4 is 11.5 Å². The van der Waals surface area contributed by atoms with Crippen LogP contribution in [0.1, 0.15) is 32.6 Å². The molecule has 0 bridgehead atoms. The summed E-state index contributed by atoms with van der Waals surface area (Å²) < 4.78 is 1.40. The molecule has 2 N–H and O–H groups in total. The van der Waals surface area contributed by atoms with Gasteiger partial charge in [0.1, 0.15) is 12.1 Å². The van der Waals surface area contributed by atoms with Crippen molar-refractivity contribution in [2.24, 2.45) is 5.92 Å². The van der Waals surface area contributed by atoms with Crippen LogP contribution in [0.3, 0.4) is 0 Å². The second-order valence-corrected chi connectivity index (χ2v) is 5.04. The van der Waals surface area contributed by atoms with Crippen molar-refractivity contribution < 1.29 is 0 Å². The summed E-state index contributed by atoms with van der Waals surface area (Å²) >= 11 is 0. The molecule has 2 unspecified atom stereocenters. The molecule has 6 heteroatoms. The molecule has 0 saturated heterocycles. The van der Waals surface area contributed by atoms with Gasteiger partial charge in [-0.15, -0.1) is 0 Å². The maximum absolute atomic E-state index is 11.3. The molecule has 0 aromatic carbocycles. The second-order valence-electron chi connectivity index (χ2n) is 5.04. The number of H-pyrrole nitrogens is 1. The van der Waals surface area contributed by atoms with Gasteiger partial charge in [0.05, 0.1) is 0 Å². The van der Waals surface area contributed by atoms with E-state index >= 15 is 0 Å². The van der Waals surface area contributed by atoms with Crippen LogP contribution in [0.5, 0.6) is 0 Å². The van der Waals surface area contributed by atoms with Crippen LogP contribution in [-0.2, 0) is 0 Å². The summed E-state index contributed by atoms with van der Waals surface area (Å²) in [4.78, 5) is 15.6. The first-order valence-corrected chi connectivity index (χ1v) is 6.43. The van der Waals surface area contributed by atoms with E-state index in [0.29, 0.717) is 17.6 Å². The average molecular weight is 247 g/mol. The first-order valence-electron chi connectivity index (χ1n) is 6.43. The summed E-state index contributed by atoms with van der Waals surface area (Å²) in [5.74, 6) is 1.46. The Bertz CT molecular complexity index is 602. The monoisotopic (exact) mass is 247 g/mol. The molecule has 2 aromatic rings. The minimum atomic E-state index is -0.255. The van der Waals surface area contributed by atoms with Crippen LogP contribution in [0.4, 0.5) is 5.82 Å². The number of fused-ring (bicyclic) bond motifs is 1. The van der Waals surface area contributed by atoms with Crippen molar-refractivity contribution in [2.45, 2.75) is 38.6 Å². The van der Waals surface area contributed by atoms with Crippen molar-refractivity contribution in [3.8, 4) is 0 Å². The first kappa shape index (κ1) is 11.3. The normalized spacial score (nSPS) is 24.3. The number of rotatable bonds is 2. The van der Waals surface area contributed by atoms with Gasteiger partial charge < -0.3 is 5.32 Å². The highest BCUT2D eigenvalue weighted by Crippen LogP contribution is 2.26. The molecule has 18 heavy (non-hydrogen) atoms. The lowest BCUT2D eigenvalue weighted by atomic mass is 9.86. The highest BCUT2D eigenvalue weighted by atomic mass is 16.1. The van der Waals surface area contributed by atoms with Crippen molar-refractivity contribution in [1.29, 1.82) is 0 Å². The summed E-state index contributed by atoms with van der Waals surface area (Å²) in [7, 11) is 0. The van der Waals surface area contributed by atoms with Gasteiger partial charge in [-0.1, -0.05) is 19.8 Å². The van der Waals surface area contributed by atoms with E-state index < -0.39 is 0 Å². The Hall–Kier alpha value is -1.85. The van der Waals surface area contributed by atoms with E-state index in [1.54, 1.807) is 6.07 Å². The van der Waals surface area contributed by atoms with E-state index in [0.717, 1.165) is 5.82 Å². The minimum Gasteiger partial charge on any atom is -0.367 e. The molecule has 0 radical (unpaired) electrons. The molecule has 1 aliphatic rings. The van der Waals surface area contributed by atoms with Gasteiger partial charge in [0, 0.05) is 12.1 Å². The number of anilines is 1. The molecule has 0 aliphatic heterocycles. The van der Waals surface area contributed by atoms with Crippen molar-refractivity contribution in [1.82, 2.24) is 19.6 Å². The van der Waals surface area contributed by atoms with Gasteiger partial charge in [0.2, 0.25) is 0 Å². The molecule has 1 fully saturated rings. The number of hydrogen-bond acceptors (Lipinski definition) is 4. The molecule has 96 valence electrons. The zero-order valence-electron chi connectivity index (χ0n) is 10.4. The van der Waals surface area contributed by atoms with Gasteiger partial charge in [-0.3, -0.25) is 0 Å². The van der Waals surface area contributed by atoms with Crippen LogP contribution >= 0.6 is 0 Å². The number of nitrogens with one attached hydrogen (secondary N) is 2. The minimum absolute atomic E-state index is 0.255. The van der Waals surface area contributed by atoms with Gasteiger partial charge in [0.15, 0.2) is 5.65 Å². The topological polar surface area (TPSA) is 75.1 Å². The van der Waals surface area contributed by atoms with Crippen LogP contribution in [0.25, 0.3) is 5.65 Å². The zero-order valence-corrected chi connectivity index (χ0v) is 10.4. The van der Waals surface area contributed by atoms with Crippen LogP contribution in [0.2, 0.25) is 0 Å². The third kappa shape index (κ3) is 1.98. The molecular formula is C12H17N5O. The van der Waals surface area contributed by atoms with Crippen LogP contribution in [0.15, 0.2) is 17.2 Å². The lowest BCUT2D eigenvalue weighted by molar-refractivity contribution is 0.349. The van der Waals surface area contributed by atoms with E-state index in [9.17, 15) is 4.79 Å². The van der Waals surface area contributed by atoms with Gasteiger partial charge in [0.25, 0.3) is 0 Å². The van der Waals surface area contributed by atoms with Gasteiger partial charge >= 0.3 is 5.69 Å². The van der Waals surface area contributed by atoms with Gasteiger partial charge in [-0.05, 0) is 18.8 Å². The SMILES string of the molecule is CC1CCCCC1Nc1cc2n[nH]c(=O)n2cn1. The van der Waals surface area contributed by atoms with E-state index in [-0.39, 0.29) is 5.69 Å². The maximum atomic E-state index is 11.3. The lowest BCUT2D eigenvalue weighted by Crippen LogP contribution is -2.30. The fourth-order valence-corrected chi connectivity index (χ4v) is 2.61. The number of nitrogens with zero attached hydrogens (tertiary/aromatic N) is 3. The summed E-state index contributed by atoms with van der Waals surface area (Å²) in [5, 5.41) is 9.79. The molecule has 1 saturated carbocycles.